The van der Waals surface area contributed by atoms with Crippen LogP contribution in [0.4, 0.5) is 11.4 Å². The first-order valence-electron chi connectivity index (χ1n) is 14.1. The number of aromatic nitrogens is 2. The average Bonchev–Trinajstić information content (AvgIpc) is 3.69. The lowest BCUT2D eigenvalue weighted by Crippen LogP contribution is -2.28. The lowest BCUT2D eigenvalue weighted by molar-refractivity contribution is 0.745. The third-order valence-electron chi connectivity index (χ3n) is 8.52. The number of thiazole rings is 1. The number of para-hydroxylation sites is 2. The van der Waals surface area contributed by atoms with Crippen molar-refractivity contribution in [2.24, 2.45) is 0 Å². The molecule has 1 aliphatic heterocycles. The van der Waals surface area contributed by atoms with E-state index in [1.54, 1.807) is 11.3 Å². The summed E-state index contributed by atoms with van der Waals surface area (Å²) in [5.74, 6) is 0.297. The molecule has 5 aromatic carbocycles. The molecule has 0 amide bonds. The van der Waals surface area contributed by atoms with Crippen molar-refractivity contribution in [2.45, 2.75) is 12.0 Å². The van der Waals surface area contributed by atoms with Crippen LogP contribution in [0.25, 0.3) is 48.5 Å². The molecule has 9 rings (SSSR count). The summed E-state index contributed by atoms with van der Waals surface area (Å²) in [5.41, 5.74) is 12.2. The quantitative estimate of drug-likeness (QED) is 0.221. The van der Waals surface area contributed by atoms with Crippen LogP contribution < -0.4 is 4.90 Å². The summed E-state index contributed by atoms with van der Waals surface area (Å²) in [6.45, 7) is 0. The first-order valence-corrected chi connectivity index (χ1v) is 14.9. The Morgan fingerprint density at radius 1 is 0.610 bits per heavy atom. The zero-order valence-corrected chi connectivity index (χ0v) is 23.0. The zero-order chi connectivity index (χ0) is 26.9. The molecular formula is C37H25N3S. The maximum Gasteiger partial charge on any atom is 0.195 e. The largest absolute Gasteiger partial charge is 0.332 e. The van der Waals surface area contributed by atoms with E-state index in [9.17, 15) is 0 Å². The lowest BCUT2D eigenvalue weighted by Gasteiger charge is -2.30. The summed E-state index contributed by atoms with van der Waals surface area (Å²) < 4.78 is 3.62. The van der Waals surface area contributed by atoms with E-state index >= 15 is 0 Å². The minimum atomic E-state index is 0.210. The maximum absolute atomic E-state index is 5.01. The van der Waals surface area contributed by atoms with Gasteiger partial charge in [-0.25, -0.2) is 4.98 Å². The van der Waals surface area contributed by atoms with Crippen LogP contribution in [-0.4, -0.2) is 15.4 Å². The highest BCUT2D eigenvalue weighted by molar-refractivity contribution is 7.24. The van der Waals surface area contributed by atoms with Crippen molar-refractivity contribution in [1.82, 2.24) is 9.38 Å². The zero-order valence-electron chi connectivity index (χ0n) is 22.2. The van der Waals surface area contributed by atoms with Gasteiger partial charge in [0.1, 0.15) is 0 Å². The molecule has 3 heterocycles. The number of hydrogen-bond donors (Lipinski definition) is 0. The van der Waals surface area contributed by atoms with Crippen molar-refractivity contribution in [3.63, 3.8) is 0 Å². The molecule has 0 N–H and O–H groups in total. The molecule has 3 nitrogen and oxygen atoms in total. The summed E-state index contributed by atoms with van der Waals surface area (Å²) in [4.78, 5) is 8.63. The molecule has 2 aromatic heterocycles. The Kier molecular flexibility index (Phi) is 4.89. The Morgan fingerprint density at radius 2 is 1.29 bits per heavy atom. The highest BCUT2D eigenvalue weighted by atomic mass is 32.1. The summed E-state index contributed by atoms with van der Waals surface area (Å²) in [6, 6.07) is 41.8. The van der Waals surface area contributed by atoms with Crippen LogP contribution >= 0.6 is 11.3 Å². The molecule has 194 valence electrons. The smallest absolute Gasteiger partial charge is 0.195 e. The number of imidazole rings is 1. The number of hydrogen-bond acceptors (Lipinski definition) is 3. The van der Waals surface area contributed by atoms with E-state index in [0.29, 0.717) is 5.92 Å². The fourth-order valence-corrected chi connectivity index (χ4v) is 7.88. The molecule has 0 saturated carbocycles. The maximum atomic E-state index is 5.01. The summed E-state index contributed by atoms with van der Waals surface area (Å²) in [5, 5.41) is 0. The van der Waals surface area contributed by atoms with Crippen LogP contribution in [0, 0.1) is 0 Å². The Bertz CT molecular complexity index is 2110. The van der Waals surface area contributed by atoms with Gasteiger partial charge in [0.05, 0.1) is 33.0 Å². The number of rotatable bonds is 3. The van der Waals surface area contributed by atoms with Gasteiger partial charge in [-0.05, 0) is 64.2 Å². The summed E-state index contributed by atoms with van der Waals surface area (Å²) >= 11 is 1.80. The Balaban J connectivity index is 1.33. The van der Waals surface area contributed by atoms with E-state index in [4.69, 9.17) is 4.98 Å². The van der Waals surface area contributed by atoms with Crippen LogP contribution in [-0.2, 0) is 0 Å². The van der Waals surface area contributed by atoms with Crippen molar-refractivity contribution < 1.29 is 0 Å². The molecule has 2 aliphatic rings. The van der Waals surface area contributed by atoms with Crippen LogP contribution in [0.3, 0.4) is 0 Å². The lowest BCUT2D eigenvalue weighted by atomic mass is 9.91. The van der Waals surface area contributed by atoms with Crippen molar-refractivity contribution in [2.75, 3.05) is 4.90 Å². The van der Waals surface area contributed by atoms with Gasteiger partial charge < -0.3 is 4.90 Å². The highest BCUT2D eigenvalue weighted by Gasteiger charge is 2.39. The third kappa shape index (κ3) is 3.41. The van der Waals surface area contributed by atoms with Gasteiger partial charge in [-0.15, -0.1) is 0 Å². The fourth-order valence-electron chi connectivity index (χ4n) is 6.69. The number of allylic oxidation sites excluding steroid dienone is 2. The topological polar surface area (TPSA) is 20.5 Å². The van der Waals surface area contributed by atoms with Gasteiger partial charge in [0.15, 0.2) is 4.96 Å². The number of fused-ring (bicyclic) bond motifs is 9. The molecule has 1 aliphatic carbocycles. The summed E-state index contributed by atoms with van der Waals surface area (Å²) in [7, 11) is 0. The molecule has 7 aromatic rings. The average molecular weight is 544 g/mol. The molecule has 0 radical (unpaired) electrons. The first-order chi connectivity index (χ1) is 20.3. The Labute approximate surface area is 242 Å². The molecule has 2 unspecified atom stereocenters. The minimum absolute atomic E-state index is 0.210. The van der Waals surface area contributed by atoms with Gasteiger partial charge in [-0.1, -0.05) is 115 Å². The van der Waals surface area contributed by atoms with Gasteiger partial charge >= 0.3 is 0 Å². The number of anilines is 2. The second-order valence-corrected chi connectivity index (χ2v) is 11.8. The van der Waals surface area contributed by atoms with Crippen molar-refractivity contribution in [1.29, 1.82) is 0 Å². The Morgan fingerprint density at radius 3 is 2.05 bits per heavy atom. The second kappa shape index (κ2) is 8.79. The predicted octanol–water partition coefficient (Wildman–Crippen LogP) is 9.77. The van der Waals surface area contributed by atoms with Gasteiger partial charge in [0.25, 0.3) is 0 Å². The van der Waals surface area contributed by atoms with Crippen molar-refractivity contribution >= 4 is 48.9 Å². The molecule has 2 atom stereocenters. The van der Waals surface area contributed by atoms with Gasteiger partial charge in [0, 0.05) is 11.6 Å². The van der Waals surface area contributed by atoms with Crippen molar-refractivity contribution in [3.8, 4) is 22.3 Å². The first kappa shape index (κ1) is 22.8. The summed E-state index contributed by atoms with van der Waals surface area (Å²) in [6.07, 6.45) is 9.12. The Hall–Kier alpha value is -4.93. The second-order valence-electron chi connectivity index (χ2n) is 10.8. The number of benzene rings is 5. The molecule has 0 saturated heterocycles. The van der Waals surface area contributed by atoms with Crippen LogP contribution in [0.1, 0.15) is 11.5 Å². The van der Waals surface area contributed by atoms with Crippen molar-refractivity contribution in [3.05, 3.63) is 145 Å². The van der Waals surface area contributed by atoms with Crippen LogP contribution in [0.15, 0.2) is 140 Å². The number of nitrogens with zero attached hydrogens (tertiary/aromatic N) is 3. The minimum Gasteiger partial charge on any atom is -0.332 e. The van der Waals surface area contributed by atoms with E-state index in [1.165, 1.54) is 49.4 Å². The van der Waals surface area contributed by atoms with Gasteiger partial charge in [-0.2, -0.15) is 0 Å². The van der Waals surface area contributed by atoms with E-state index in [-0.39, 0.29) is 6.04 Å². The monoisotopic (exact) mass is 543 g/mol. The van der Waals surface area contributed by atoms with E-state index in [1.807, 2.05) is 0 Å². The molecule has 41 heavy (non-hydrogen) atoms. The SMILES string of the molecule is C1=CC2c3ccc4c(sc5nc6ccccc6n54)c3N(c3cc(-c4ccccc4)cc(-c4ccccc4)c3)C2C=C1. The molecular weight excluding hydrogens is 518 g/mol. The van der Waals surface area contributed by atoms with E-state index < -0.39 is 0 Å². The fraction of sp³-hybridized carbons (Fsp3) is 0.0541. The standard InChI is InChI=1S/C37H25N3S/c1-3-11-24(12-4-1)26-21-27(25-13-5-2-6-14-25)23-28(22-26)39-32-17-9-7-15-29(32)30-19-20-34-36(35(30)39)41-37-38-31-16-8-10-18-33(31)40(34)37/h1-23,29,32H. The van der Waals surface area contributed by atoms with Gasteiger partial charge in [-0.3, -0.25) is 4.40 Å². The molecule has 0 spiro atoms. The van der Waals surface area contributed by atoms with Crippen LogP contribution in [0.2, 0.25) is 0 Å². The van der Waals surface area contributed by atoms with Crippen LogP contribution in [0.5, 0.6) is 0 Å². The highest BCUT2D eigenvalue weighted by Crippen LogP contribution is 2.53. The molecule has 0 bridgehead atoms. The molecule has 4 heteroatoms. The predicted molar refractivity (Wildman–Crippen MR) is 172 cm³/mol. The van der Waals surface area contributed by atoms with E-state index in [0.717, 1.165) is 16.0 Å². The molecule has 0 fully saturated rings. The van der Waals surface area contributed by atoms with Gasteiger partial charge in [0.2, 0.25) is 0 Å². The third-order valence-corrected chi connectivity index (χ3v) is 9.58. The van der Waals surface area contributed by atoms with E-state index in [2.05, 4.69) is 149 Å². The normalized spacial score (nSPS) is 17.5.